The van der Waals surface area contributed by atoms with Gasteiger partial charge in [0.2, 0.25) is 0 Å². The predicted molar refractivity (Wildman–Crippen MR) is 70.8 cm³/mol. The van der Waals surface area contributed by atoms with E-state index in [1.54, 1.807) is 33.0 Å². The maximum absolute atomic E-state index is 13.8. The number of ether oxygens (including phenoxy) is 1. The highest BCUT2D eigenvalue weighted by atomic mass is 19.1. The Kier molecular flexibility index (Phi) is 4.89. The summed E-state index contributed by atoms with van der Waals surface area (Å²) in [6, 6.07) is 4.47. The topological polar surface area (TPSA) is 58.6 Å². The fourth-order valence-corrected chi connectivity index (χ4v) is 1.43. The van der Waals surface area contributed by atoms with Crippen molar-refractivity contribution in [1.29, 1.82) is 0 Å². The van der Waals surface area contributed by atoms with Crippen molar-refractivity contribution in [2.45, 2.75) is 26.8 Å². The largest absolute Gasteiger partial charge is 0.492 e. The highest BCUT2D eigenvalue weighted by molar-refractivity contribution is 5.73. The highest BCUT2D eigenvalue weighted by Crippen LogP contribution is 2.23. The monoisotopic (exact) mass is 269 g/mol. The van der Waals surface area contributed by atoms with Crippen molar-refractivity contribution < 1.29 is 19.0 Å². The quantitative estimate of drug-likeness (QED) is 0.833. The van der Waals surface area contributed by atoms with Crippen LogP contribution in [0.25, 0.3) is 0 Å². The van der Waals surface area contributed by atoms with Gasteiger partial charge in [0.25, 0.3) is 0 Å². The van der Waals surface area contributed by atoms with E-state index in [9.17, 15) is 9.18 Å². The molecule has 5 heteroatoms. The van der Waals surface area contributed by atoms with Crippen molar-refractivity contribution in [2.75, 3.05) is 13.7 Å². The lowest BCUT2D eigenvalue weighted by Crippen LogP contribution is -2.30. The van der Waals surface area contributed by atoms with E-state index in [1.807, 2.05) is 6.92 Å². The van der Waals surface area contributed by atoms with Gasteiger partial charge in [-0.25, -0.2) is 4.39 Å². The van der Waals surface area contributed by atoms with Crippen LogP contribution in [0.15, 0.2) is 18.2 Å². The van der Waals surface area contributed by atoms with E-state index in [-0.39, 0.29) is 18.5 Å². The molecule has 1 atom stereocenters. The van der Waals surface area contributed by atoms with E-state index in [1.165, 1.54) is 6.07 Å². The van der Waals surface area contributed by atoms with Crippen molar-refractivity contribution >= 4 is 5.97 Å². The number of carboxylic acid groups (broad SMARTS) is 1. The minimum absolute atomic E-state index is 0.0112. The van der Waals surface area contributed by atoms with Crippen LogP contribution in [0.4, 0.5) is 4.39 Å². The molecule has 0 amide bonds. The van der Waals surface area contributed by atoms with Gasteiger partial charge in [-0.1, -0.05) is 6.07 Å². The number of benzene rings is 1. The van der Waals surface area contributed by atoms with Gasteiger partial charge in [-0.2, -0.15) is 0 Å². The fraction of sp³-hybridized carbons (Fsp3) is 0.500. The smallest absolute Gasteiger partial charge is 0.312 e. The number of carboxylic acids is 1. The summed E-state index contributed by atoms with van der Waals surface area (Å²) >= 11 is 0. The van der Waals surface area contributed by atoms with Crippen molar-refractivity contribution in [2.24, 2.45) is 5.41 Å². The van der Waals surface area contributed by atoms with Gasteiger partial charge in [-0.15, -0.1) is 0 Å². The fourth-order valence-electron chi connectivity index (χ4n) is 1.43. The summed E-state index contributed by atoms with van der Waals surface area (Å²) < 4.78 is 19.2. The molecule has 1 unspecified atom stereocenters. The average Bonchev–Trinajstić information content (AvgIpc) is 2.35. The number of nitrogens with one attached hydrogen (secondary N) is 1. The number of carbonyl (C=O) groups is 1. The predicted octanol–water partition coefficient (Wildman–Crippen LogP) is 2.60. The number of hydrogen-bond acceptors (Lipinski definition) is 3. The van der Waals surface area contributed by atoms with Crippen molar-refractivity contribution in [1.82, 2.24) is 5.32 Å². The zero-order valence-corrected chi connectivity index (χ0v) is 11.7. The normalized spacial score (nSPS) is 13.1. The molecule has 0 aromatic heterocycles. The van der Waals surface area contributed by atoms with Crippen LogP contribution in [-0.2, 0) is 4.79 Å². The van der Waals surface area contributed by atoms with Crippen LogP contribution in [0, 0.1) is 11.2 Å². The van der Waals surface area contributed by atoms with Gasteiger partial charge >= 0.3 is 5.97 Å². The van der Waals surface area contributed by atoms with E-state index in [0.717, 1.165) is 0 Å². The van der Waals surface area contributed by atoms with Crippen molar-refractivity contribution in [3.63, 3.8) is 0 Å². The second kappa shape index (κ2) is 6.02. The van der Waals surface area contributed by atoms with Crippen LogP contribution in [0.2, 0.25) is 0 Å². The van der Waals surface area contributed by atoms with Crippen LogP contribution >= 0.6 is 0 Å². The maximum Gasteiger partial charge on any atom is 0.312 e. The molecule has 0 aliphatic carbocycles. The minimum Gasteiger partial charge on any atom is -0.492 e. The summed E-state index contributed by atoms with van der Waals surface area (Å²) in [6.45, 7) is 4.96. The standard InChI is InChI=1S/C14H20FNO3/c1-9(16-4)11-6-5-10(7-12(11)15)19-8-14(2,3)13(17)18/h5-7,9,16H,8H2,1-4H3,(H,17,18). The molecule has 1 rings (SSSR count). The molecule has 0 fully saturated rings. The first-order valence-electron chi connectivity index (χ1n) is 6.11. The molecule has 0 saturated carbocycles. The number of rotatable bonds is 6. The summed E-state index contributed by atoms with van der Waals surface area (Å²) in [5.74, 6) is -0.986. The van der Waals surface area contributed by atoms with E-state index in [0.29, 0.717) is 11.3 Å². The lowest BCUT2D eigenvalue weighted by atomic mass is 9.95. The SMILES string of the molecule is CNC(C)c1ccc(OCC(C)(C)C(=O)O)cc1F. The first-order chi connectivity index (χ1) is 8.77. The lowest BCUT2D eigenvalue weighted by Gasteiger charge is -2.20. The molecule has 0 aliphatic heterocycles. The zero-order valence-electron chi connectivity index (χ0n) is 11.7. The molecule has 4 nitrogen and oxygen atoms in total. The molecule has 0 spiro atoms. The van der Waals surface area contributed by atoms with Gasteiger partial charge < -0.3 is 15.2 Å². The molecule has 106 valence electrons. The molecule has 1 aromatic carbocycles. The first kappa shape index (κ1) is 15.4. The summed E-state index contributed by atoms with van der Waals surface area (Å²) in [7, 11) is 1.75. The number of halogens is 1. The number of hydrogen-bond donors (Lipinski definition) is 2. The molecule has 0 bridgehead atoms. The average molecular weight is 269 g/mol. The third kappa shape index (κ3) is 3.92. The Morgan fingerprint density at radius 2 is 2.16 bits per heavy atom. The van der Waals surface area contributed by atoms with E-state index in [2.05, 4.69) is 5.32 Å². The molecular weight excluding hydrogens is 249 g/mol. The molecule has 19 heavy (non-hydrogen) atoms. The Bertz CT molecular complexity index is 460. The van der Waals surface area contributed by atoms with E-state index in [4.69, 9.17) is 9.84 Å². The van der Waals surface area contributed by atoms with Gasteiger partial charge in [0.15, 0.2) is 0 Å². The zero-order chi connectivity index (χ0) is 14.6. The Morgan fingerprint density at radius 1 is 1.53 bits per heavy atom. The van der Waals surface area contributed by atoms with Crippen LogP contribution in [0.1, 0.15) is 32.4 Å². The molecule has 0 saturated heterocycles. The Labute approximate surface area is 112 Å². The summed E-state index contributed by atoms with van der Waals surface area (Å²) in [6.07, 6.45) is 0. The maximum atomic E-state index is 13.8. The molecular formula is C14H20FNO3. The van der Waals surface area contributed by atoms with Gasteiger partial charge in [-0.3, -0.25) is 4.79 Å². The van der Waals surface area contributed by atoms with Gasteiger partial charge in [0.1, 0.15) is 18.2 Å². The van der Waals surface area contributed by atoms with Gasteiger partial charge in [-0.05, 0) is 33.9 Å². The number of aliphatic carboxylic acids is 1. The van der Waals surface area contributed by atoms with Crippen LogP contribution in [0.3, 0.4) is 0 Å². The van der Waals surface area contributed by atoms with Crippen LogP contribution < -0.4 is 10.1 Å². The summed E-state index contributed by atoms with van der Waals surface area (Å²) in [5.41, 5.74) is -0.458. The first-order valence-corrected chi connectivity index (χ1v) is 6.11. The van der Waals surface area contributed by atoms with Crippen LogP contribution in [-0.4, -0.2) is 24.7 Å². The molecule has 0 aliphatic rings. The summed E-state index contributed by atoms with van der Waals surface area (Å²) in [5, 5.41) is 11.9. The highest BCUT2D eigenvalue weighted by Gasteiger charge is 2.28. The van der Waals surface area contributed by atoms with Crippen LogP contribution in [0.5, 0.6) is 5.75 Å². The van der Waals surface area contributed by atoms with E-state index < -0.39 is 11.4 Å². The minimum atomic E-state index is -1.01. The summed E-state index contributed by atoms with van der Waals surface area (Å²) in [4.78, 5) is 10.9. The Morgan fingerprint density at radius 3 is 2.63 bits per heavy atom. The molecule has 2 N–H and O–H groups in total. The van der Waals surface area contributed by atoms with Gasteiger partial charge in [0.05, 0.1) is 5.41 Å². The van der Waals surface area contributed by atoms with E-state index >= 15 is 0 Å². The Balaban J connectivity index is 2.77. The molecule has 0 radical (unpaired) electrons. The second-order valence-electron chi connectivity index (χ2n) is 5.17. The van der Waals surface area contributed by atoms with Crippen molar-refractivity contribution in [3.05, 3.63) is 29.6 Å². The third-order valence-corrected chi connectivity index (χ3v) is 3.05. The Hall–Kier alpha value is -1.62. The molecule has 0 heterocycles. The lowest BCUT2D eigenvalue weighted by molar-refractivity contribution is -0.148. The second-order valence-corrected chi connectivity index (χ2v) is 5.17. The van der Waals surface area contributed by atoms with Crippen molar-refractivity contribution in [3.8, 4) is 5.75 Å². The van der Waals surface area contributed by atoms with Gasteiger partial charge in [0, 0.05) is 17.7 Å². The molecule has 1 aromatic rings. The third-order valence-electron chi connectivity index (χ3n) is 3.05.